The largest absolute Gasteiger partial charge is 0.367 e. The quantitative estimate of drug-likeness (QED) is 0.551. The Morgan fingerprint density at radius 1 is 1.06 bits per heavy atom. The molecule has 1 aliphatic heterocycles. The fraction of sp³-hybridized carbons (Fsp3) is 0.480. The highest BCUT2D eigenvalue weighted by molar-refractivity contribution is 7.92. The predicted molar refractivity (Wildman–Crippen MR) is 135 cm³/mol. The number of benzene rings is 2. The number of amides is 1. The molecule has 1 saturated heterocycles. The van der Waals surface area contributed by atoms with Gasteiger partial charge >= 0.3 is 0 Å². The lowest BCUT2D eigenvalue weighted by Gasteiger charge is -2.31. The summed E-state index contributed by atoms with van der Waals surface area (Å²) in [6.07, 6.45) is 2.79. The minimum atomic E-state index is -3.80. The second-order valence-electron chi connectivity index (χ2n) is 8.31. The number of aryl methyl sites for hydroxylation is 1. The molecular weight excluding hydrogens is 436 g/mol. The number of nitrogens with zero attached hydrogens (tertiary/aromatic N) is 2. The maximum atomic E-state index is 13.2. The molecule has 0 bridgehead atoms. The fourth-order valence-electron chi connectivity index (χ4n) is 3.98. The molecule has 2 aromatic rings. The third-order valence-corrected chi connectivity index (χ3v) is 7.42. The number of sulfonamides is 1. The van der Waals surface area contributed by atoms with Gasteiger partial charge in [-0.3, -0.25) is 9.52 Å². The van der Waals surface area contributed by atoms with Gasteiger partial charge in [-0.15, -0.1) is 0 Å². The minimum Gasteiger partial charge on any atom is -0.367 e. The van der Waals surface area contributed by atoms with Crippen molar-refractivity contribution in [3.63, 3.8) is 0 Å². The van der Waals surface area contributed by atoms with E-state index in [1.807, 2.05) is 43.0 Å². The maximum Gasteiger partial charge on any atom is 0.261 e. The highest BCUT2D eigenvalue weighted by Gasteiger charge is 2.22. The monoisotopic (exact) mass is 472 g/mol. The van der Waals surface area contributed by atoms with Gasteiger partial charge in [-0.2, -0.15) is 0 Å². The lowest BCUT2D eigenvalue weighted by atomic mass is 10.1. The average molecular weight is 473 g/mol. The van der Waals surface area contributed by atoms with E-state index in [1.165, 1.54) is 0 Å². The maximum absolute atomic E-state index is 13.2. The van der Waals surface area contributed by atoms with Gasteiger partial charge in [-0.25, -0.2) is 8.42 Å². The van der Waals surface area contributed by atoms with Gasteiger partial charge in [-0.1, -0.05) is 32.4 Å². The summed E-state index contributed by atoms with van der Waals surface area (Å²) in [6.45, 7) is 10.6. The Morgan fingerprint density at radius 2 is 1.76 bits per heavy atom. The first-order chi connectivity index (χ1) is 15.9. The lowest BCUT2D eigenvalue weighted by molar-refractivity contribution is 0.0762. The summed E-state index contributed by atoms with van der Waals surface area (Å²) in [6, 6.07) is 12.3. The molecule has 2 N–H and O–H groups in total. The van der Waals surface area contributed by atoms with E-state index in [2.05, 4.69) is 21.9 Å². The first-order valence-corrected chi connectivity index (χ1v) is 13.4. The first-order valence-electron chi connectivity index (χ1n) is 11.9. The Balaban J connectivity index is 1.96. The van der Waals surface area contributed by atoms with Crippen LogP contribution in [0.25, 0.3) is 0 Å². The molecule has 180 valence electrons. The van der Waals surface area contributed by atoms with Crippen molar-refractivity contribution in [2.45, 2.75) is 44.9 Å². The fourth-order valence-corrected chi connectivity index (χ4v) is 5.04. The normalized spacial score (nSPS) is 14.2. The second-order valence-corrected chi connectivity index (χ2v) is 9.99. The molecular formula is C25H36N4O3S. The van der Waals surface area contributed by atoms with Gasteiger partial charge in [-0.05, 0) is 55.7 Å². The molecule has 7 nitrogen and oxygen atoms in total. The summed E-state index contributed by atoms with van der Waals surface area (Å²) in [5, 5.41) is 3.32. The minimum absolute atomic E-state index is 0.0782. The van der Waals surface area contributed by atoms with Crippen molar-refractivity contribution < 1.29 is 13.2 Å². The Bertz CT molecular complexity index is 1030. The molecule has 0 aliphatic carbocycles. The Morgan fingerprint density at radius 3 is 2.36 bits per heavy atom. The van der Waals surface area contributed by atoms with E-state index in [0.29, 0.717) is 24.3 Å². The molecule has 0 atom stereocenters. The third-order valence-electron chi connectivity index (χ3n) is 6.04. The molecule has 1 aliphatic rings. The molecule has 8 heteroatoms. The van der Waals surface area contributed by atoms with Gasteiger partial charge in [0.1, 0.15) is 0 Å². The van der Waals surface area contributed by atoms with Gasteiger partial charge in [0.15, 0.2) is 0 Å². The van der Waals surface area contributed by atoms with Crippen LogP contribution in [0.2, 0.25) is 0 Å². The number of hydrogen-bond donors (Lipinski definition) is 2. The van der Waals surface area contributed by atoms with Gasteiger partial charge in [0.2, 0.25) is 0 Å². The zero-order chi connectivity index (χ0) is 23.8. The molecule has 0 saturated carbocycles. The van der Waals surface area contributed by atoms with Crippen molar-refractivity contribution >= 4 is 27.3 Å². The van der Waals surface area contributed by atoms with Crippen LogP contribution in [-0.4, -0.2) is 58.5 Å². The standard InChI is InChI=1S/C25H36N4O3S/c1-4-7-16-28(6-3)25(30)21-10-13-24(29-17-14-26-15-18-29)23(19-21)27-33(31,32)22-11-8-20(5-2)9-12-22/h8-13,19,26-27H,4-7,14-18H2,1-3H3. The Labute approximate surface area is 198 Å². The molecule has 33 heavy (non-hydrogen) atoms. The Hall–Kier alpha value is -2.58. The highest BCUT2D eigenvalue weighted by atomic mass is 32.2. The average Bonchev–Trinajstić information content (AvgIpc) is 2.84. The smallest absolute Gasteiger partial charge is 0.261 e. The number of hydrogen-bond acceptors (Lipinski definition) is 5. The molecule has 1 heterocycles. The number of unbranched alkanes of at least 4 members (excludes halogenated alkanes) is 1. The van der Waals surface area contributed by atoms with Crippen LogP contribution < -0.4 is 14.9 Å². The molecule has 3 rings (SSSR count). The molecule has 1 amide bonds. The van der Waals surface area contributed by atoms with E-state index >= 15 is 0 Å². The van der Waals surface area contributed by atoms with Gasteiger partial charge in [0.05, 0.1) is 16.3 Å². The summed E-state index contributed by atoms with van der Waals surface area (Å²) < 4.78 is 29.2. The van der Waals surface area contributed by atoms with E-state index < -0.39 is 10.0 Å². The summed E-state index contributed by atoms with van der Waals surface area (Å²) >= 11 is 0. The molecule has 2 aromatic carbocycles. The topological polar surface area (TPSA) is 81.8 Å². The van der Waals surface area contributed by atoms with Crippen LogP contribution in [0.1, 0.15) is 49.5 Å². The van der Waals surface area contributed by atoms with Crippen LogP contribution in [-0.2, 0) is 16.4 Å². The van der Waals surface area contributed by atoms with Crippen LogP contribution in [0, 0.1) is 0 Å². The zero-order valence-corrected chi connectivity index (χ0v) is 20.7. The molecule has 0 unspecified atom stereocenters. The van der Waals surface area contributed by atoms with Gasteiger partial charge < -0.3 is 15.1 Å². The SMILES string of the molecule is CCCCN(CC)C(=O)c1ccc(N2CCNCC2)c(NS(=O)(=O)c2ccc(CC)cc2)c1. The van der Waals surface area contributed by atoms with Crippen molar-refractivity contribution in [2.75, 3.05) is 48.9 Å². The van der Waals surface area contributed by atoms with E-state index in [1.54, 1.807) is 18.2 Å². The van der Waals surface area contributed by atoms with Crippen LogP contribution >= 0.6 is 0 Å². The molecule has 1 fully saturated rings. The van der Waals surface area contributed by atoms with Crippen molar-refractivity contribution in [3.8, 4) is 0 Å². The van der Waals surface area contributed by atoms with E-state index in [0.717, 1.165) is 56.7 Å². The van der Waals surface area contributed by atoms with Gasteiger partial charge in [0, 0.05) is 44.8 Å². The number of carbonyl (C=O) groups excluding carboxylic acids is 1. The number of nitrogens with one attached hydrogen (secondary N) is 2. The predicted octanol–water partition coefficient (Wildman–Crippen LogP) is 3.72. The molecule has 0 radical (unpaired) electrons. The van der Waals surface area contributed by atoms with Crippen LogP contribution in [0.3, 0.4) is 0 Å². The summed E-state index contributed by atoms with van der Waals surface area (Å²) in [4.78, 5) is 17.3. The van der Waals surface area contributed by atoms with Gasteiger partial charge in [0.25, 0.3) is 15.9 Å². The number of rotatable bonds is 10. The first kappa shape index (κ1) is 25.1. The number of anilines is 2. The van der Waals surface area contributed by atoms with Crippen LogP contribution in [0.4, 0.5) is 11.4 Å². The molecule has 0 aromatic heterocycles. The summed E-state index contributed by atoms with van der Waals surface area (Å²) in [5.74, 6) is -0.0782. The highest BCUT2D eigenvalue weighted by Crippen LogP contribution is 2.30. The van der Waals surface area contributed by atoms with Crippen molar-refractivity contribution in [3.05, 3.63) is 53.6 Å². The number of piperazine rings is 1. The van der Waals surface area contributed by atoms with E-state index in [4.69, 9.17) is 0 Å². The van der Waals surface area contributed by atoms with Crippen molar-refractivity contribution in [2.24, 2.45) is 0 Å². The lowest BCUT2D eigenvalue weighted by Crippen LogP contribution is -2.43. The number of carbonyl (C=O) groups is 1. The van der Waals surface area contributed by atoms with Crippen molar-refractivity contribution in [1.29, 1.82) is 0 Å². The third kappa shape index (κ3) is 6.26. The van der Waals surface area contributed by atoms with Crippen molar-refractivity contribution in [1.82, 2.24) is 10.2 Å². The zero-order valence-electron chi connectivity index (χ0n) is 19.9. The second kappa shape index (κ2) is 11.5. The van der Waals surface area contributed by atoms with E-state index in [9.17, 15) is 13.2 Å². The van der Waals surface area contributed by atoms with Crippen LogP contribution in [0.15, 0.2) is 47.4 Å². The Kier molecular flexibility index (Phi) is 8.74. The summed E-state index contributed by atoms with van der Waals surface area (Å²) in [7, 11) is -3.80. The summed E-state index contributed by atoms with van der Waals surface area (Å²) in [5.41, 5.74) is 2.80. The van der Waals surface area contributed by atoms with E-state index in [-0.39, 0.29) is 10.8 Å². The molecule has 0 spiro atoms. The van der Waals surface area contributed by atoms with Crippen LogP contribution in [0.5, 0.6) is 0 Å².